The first-order chi connectivity index (χ1) is 13.1. The molecule has 0 atom stereocenters. The van der Waals surface area contributed by atoms with Crippen LogP contribution in [0.1, 0.15) is 24.5 Å². The molecule has 2 aromatic heterocycles. The highest BCUT2D eigenvalue weighted by atomic mass is 32.2. The van der Waals surface area contributed by atoms with Gasteiger partial charge in [-0.15, -0.1) is 10.2 Å². The molecule has 4 N–H and O–H groups in total. The van der Waals surface area contributed by atoms with Crippen LogP contribution in [0.2, 0.25) is 0 Å². The van der Waals surface area contributed by atoms with Gasteiger partial charge >= 0.3 is 0 Å². The highest BCUT2D eigenvalue weighted by molar-refractivity contribution is 7.99. The minimum atomic E-state index is -3.94. The number of aromatic amines is 2. The Morgan fingerprint density at radius 2 is 1.14 bits per heavy atom. The molecule has 0 aromatic carbocycles. The van der Waals surface area contributed by atoms with E-state index in [1.54, 1.807) is 0 Å². The summed E-state index contributed by atoms with van der Waals surface area (Å²) in [6.45, 7) is 0. The molecule has 0 unspecified atom stereocenters. The maximum Gasteiger partial charge on any atom is 0.264 e. The van der Waals surface area contributed by atoms with Crippen LogP contribution in [0, 0.1) is 0 Å². The third-order valence-electron chi connectivity index (χ3n) is 3.18. The monoisotopic (exact) mass is 472 g/mol. The minimum Gasteiger partial charge on any atom is -0.286 e. The number of rotatable bonds is 13. The van der Waals surface area contributed by atoms with Crippen molar-refractivity contribution < 1.29 is 25.9 Å². The summed E-state index contributed by atoms with van der Waals surface area (Å²) in [5, 5.41) is 14.7. The maximum absolute atomic E-state index is 10.6. The van der Waals surface area contributed by atoms with Crippen LogP contribution in [0.5, 0.6) is 0 Å². The van der Waals surface area contributed by atoms with E-state index in [1.165, 1.54) is 23.5 Å². The van der Waals surface area contributed by atoms with Crippen molar-refractivity contribution in [1.82, 2.24) is 30.4 Å². The second kappa shape index (κ2) is 10.5. The molecule has 0 saturated heterocycles. The zero-order chi connectivity index (χ0) is 20.6. The van der Waals surface area contributed by atoms with E-state index in [0.29, 0.717) is 59.2 Å². The Balaban J connectivity index is 1.69. The van der Waals surface area contributed by atoms with Crippen molar-refractivity contribution in [2.45, 2.75) is 36.0 Å². The lowest BCUT2D eigenvalue weighted by Crippen LogP contribution is -2.04. The van der Waals surface area contributed by atoms with Crippen molar-refractivity contribution in [3.63, 3.8) is 0 Å². The molecule has 16 heteroatoms. The molecular formula is C12H20N6O6S4. The number of aryl methyl sites for hydroxylation is 2. The van der Waals surface area contributed by atoms with E-state index in [1.807, 2.05) is 0 Å². The van der Waals surface area contributed by atoms with E-state index < -0.39 is 20.2 Å². The number of nitrogens with zero attached hydrogens (tertiary/aromatic N) is 4. The van der Waals surface area contributed by atoms with E-state index >= 15 is 0 Å². The summed E-state index contributed by atoms with van der Waals surface area (Å²) < 4.78 is 59.9. The molecule has 28 heavy (non-hydrogen) atoms. The largest absolute Gasteiger partial charge is 0.286 e. The van der Waals surface area contributed by atoms with E-state index in [9.17, 15) is 16.8 Å². The molecule has 0 saturated carbocycles. The third-order valence-corrected chi connectivity index (χ3v) is 6.65. The molecule has 0 fully saturated rings. The number of thioether (sulfide) groups is 2. The van der Waals surface area contributed by atoms with Gasteiger partial charge in [0.2, 0.25) is 10.3 Å². The molecule has 0 aliphatic rings. The lowest BCUT2D eigenvalue weighted by atomic mass is 10.3. The highest BCUT2D eigenvalue weighted by Crippen LogP contribution is 2.16. The second-order valence-electron chi connectivity index (χ2n) is 5.61. The van der Waals surface area contributed by atoms with Crippen LogP contribution >= 0.6 is 23.5 Å². The minimum absolute atomic E-state index is 0.293. The van der Waals surface area contributed by atoms with Gasteiger partial charge in [-0.2, -0.15) is 16.8 Å². The van der Waals surface area contributed by atoms with Crippen molar-refractivity contribution in [2.24, 2.45) is 0 Å². The molecule has 0 aliphatic heterocycles. The van der Waals surface area contributed by atoms with E-state index in [0.717, 1.165) is 0 Å². The summed E-state index contributed by atoms with van der Waals surface area (Å²) in [4.78, 5) is 8.57. The molecule has 2 rings (SSSR count). The molecule has 158 valence electrons. The van der Waals surface area contributed by atoms with Crippen LogP contribution in [-0.4, -0.2) is 79.3 Å². The van der Waals surface area contributed by atoms with E-state index in [-0.39, 0.29) is 11.5 Å². The quantitative estimate of drug-likeness (QED) is 0.179. The van der Waals surface area contributed by atoms with E-state index in [2.05, 4.69) is 30.4 Å². The maximum atomic E-state index is 10.6. The van der Waals surface area contributed by atoms with Crippen molar-refractivity contribution >= 4 is 43.8 Å². The molecule has 0 bridgehead atoms. The van der Waals surface area contributed by atoms with Gasteiger partial charge in [-0.05, 0) is 12.8 Å². The van der Waals surface area contributed by atoms with Crippen molar-refractivity contribution in [3.05, 3.63) is 11.6 Å². The zero-order valence-corrected chi connectivity index (χ0v) is 17.9. The van der Waals surface area contributed by atoms with Crippen molar-refractivity contribution in [1.29, 1.82) is 0 Å². The Morgan fingerprint density at radius 1 is 0.750 bits per heavy atom. The number of hydrogen-bond acceptors (Lipinski definition) is 10. The summed E-state index contributed by atoms with van der Waals surface area (Å²) in [6.07, 6.45) is 1.69. The van der Waals surface area contributed by atoms with Gasteiger partial charge in [0.1, 0.15) is 11.6 Å². The molecule has 12 nitrogen and oxygen atoms in total. The molecule has 0 radical (unpaired) electrons. The van der Waals surface area contributed by atoms with Gasteiger partial charge < -0.3 is 0 Å². The smallest absolute Gasteiger partial charge is 0.264 e. The Labute approximate surface area is 170 Å². The van der Waals surface area contributed by atoms with Gasteiger partial charge in [0.15, 0.2) is 0 Å². The predicted molar refractivity (Wildman–Crippen MR) is 104 cm³/mol. The highest BCUT2D eigenvalue weighted by Gasteiger charge is 2.10. The third kappa shape index (κ3) is 9.83. The summed E-state index contributed by atoms with van der Waals surface area (Å²) in [7, 11) is -7.89. The van der Waals surface area contributed by atoms with Crippen LogP contribution in [0.4, 0.5) is 0 Å². The summed E-state index contributed by atoms with van der Waals surface area (Å²) in [5.41, 5.74) is 0. The molecule has 2 aromatic rings. The topological polar surface area (TPSA) is 192 Å². The average Bonchev–Trinajstić information content (AvgIpc) is 3.21. The van der Waals surface area contributed by atoms with Gasteiger partial charge in [0.25, 0.3) is 20.2 Å². The Morgan fingerprint density at radius 3 is 1.50 bits per heavy atom. The Bertz CT molecular complexity index is 879. The number of H-pyrrole nitrogens is 2. The first kappa shape index (κ1) is 23.1. The van der Waals surface area contributed by atoms with Crippen LogP contribution in [0.25, 0.3) is 0 Å². The second-order valence-corrected chi connectivity index (χ2v) is 10.9. The van der Waals surface area contributed by atoms with Gasteiger partial charge in [-0.3, -0.25) is 19.3 Å². The summed E-state index contributed by atoms with van der Waals surface area (Å²) in [6, 6.07) is 0. The van der Waals surface area contributed by atoms with Crippen LogP contribution in [0.3, 0.4) is 0 Å². The molecular weight excluding hydrogens is 452 g/mol. The fourth-order valence-electron chi connectivity index (χ4n) is 1.95. The van der Waals surface area contributed by atoms with Gasteiger partial charge in [-0.1, -0.05) is 23.5 Å². The van der Waals surface area contributed by atoms with E-state index in [4.69, 9.17) is 9.11 Å². The summed E-state index contributed by atoms with van der Waals surface area (Å²) in [5.74, 6) is 1.65. The lowest BCUT2D eigenvalue weighted by Gasteiger charge is -1.96. The Hall–Kier alpha value is -1.20. The Kier molecular flexibility index (Phi) is 8.69. The predicted octanol–water partition coefficient (Wildman–Crippen LogP) is 0.448. The molecule has 2 heterocycles. The number of nitrogens with one attached hydrogen (secondary N) is 2. The van der Waals surface area contributed by atoms with Crippen LogP contribution < -0.4 is 0 Å². The first-order valence-corrected chi connectivity index (χ1v) is 13.3. The first-order valence-electron chi connectivity index (χ1n) is 8.09. The molecule has 0 aliphatic carbocycles. The normalized spacial score (nSPS) is 12.5. The van der Waals surface area contributed by atoms with Gasteiger partial charge in [-0.25, -0.2) is 9.97 Å². The summed E-state index contributed by atoms with van der Waals surface area (Å²) >= 11 is 2.58. The SMILES string of the molecule is O=S(=O)(O)CCCSc1n[nH]c(CCc2nc(SCCCS(=O)(=O)O)n[nH]2)n1. The van der Waals surface area contributed by atoms with Crippen LogP contribution in [0.15, 0.2) is 10.3 Å². The molecule has 0 spiro atoms. The zero-order valence-electron chi connectivity index (χ0n) is 14.6. The number of hydrogen-bond donors (Lipinski definition) is 4. The van der Waals surface area contributed by atoms with Gasteiger partial charge in [0, 0.05) is 24.3 Å². The fraction of sp³-hybridized carbons (Fsp3) is 0.667. The fourth-order valence-corrected chi connectivity index (χ4v) is 4.85. The molecule has 0 amide bonds. The number of aromatic nitrogens is 6. The van der Waals surface area contributed by atoms with Crippen molar-refractivity contribution in [3.8, 4) is 0 Å². The van der Waals surface area contributed by atoms with Gasteiger partial charge in [0.05, 0.1) is 11.5 Å². The van der Waals surface area contributed by atoms with Crippen molar-refractivity contribution in [2.75, 3.05) is 23.0 Å². The standard InChI is InChI=1S/C12H20N6O6S4/c19-27(20,21)7-1-5-25-11-13-9(15-17-11)3-4-10-14-12(18-16-10)26-6-2-8-28(22,23)24/h1-8H2,(H,13,15,17)(H,14,16,18)(H,19,20,21)(H,22,23,24). The lowest BCUT2D eigenvalue weighted by molar-refractivity contribution is 0.480. The van der Waals surface area contributed by atoms with Crippen LogP contribution in [-0.2, 0) is 33.1 Å². The average molecular weight is 473 g/mol.